The number of amides is 1. The first-order chi connectivity index (χ1) is 16.1. The van der Waals surface area contributed by atoms with Crippen LogP contribution < -0.4 is 4.74 Å². The minimum absolute atomic E-state index is 0.119. The molecule has 0 unspecified atom stereocenters. The van der Waals surface area contributed by atoms with Gasteiger partial charge < -0.3 is 9.64 Å². The largest absolute Gasteiger partial charge is 0.481 e. The molecule has 1 aliphatic heterocycles. The number of nitrogens with zero attached hydrogens (tertiary/aromatic N) is 4. The van der Waals surface area contributed by atoms with Crippen LogP contribution in [0.3, 0.4) is 0 Å². The van der Waals surface area contributed by atoms with Gasteiger partial charge in [0, 0.05) is 60.9 Å². The maximum atomic E-state index is 14.4. The van der Waals surface area contributed by atoms with Crippen molar-refractivity contribution in [3.63, 3.8) is 0 Å². The van der Waals surface area contributed by atoms with Crippen molar-refractivity contribution in [1.29, 1.82) is 0 Å². The van der Waals surface area contributed by atoms with Gasteiger partial charge in [-0.25, -0.2) is 9.37 Å². The zero-order chi connectivity index (χ0) is 22.8. The number of aromatic nitrogens is 2. The summed E-state index contributed by atoms with van der Waals surface area (Å²) >= 11 is 0. The third kappa shape index (κ3) is 4.49. The molecule has 0 N–H and O–H groups in total. The number of carbonyl (C=O) groups excluding carboxylic acids is 1. The normalized spacial score (nSPS) is 16.9. The summed E-state index contributed by atoms with van der Waals surface area (Å²) in [6, 6.07) is 7.34. The second kappa shape index (κ2) is 9.10. The second-order valence-electron chi connectivity index (χ2n) is 8.49. The van der Waals surface area contributed by atoms with Crippen molar-refractivity contribution in [3.05, 3.63) is 77.7 Å². The number of carbonyl (C=O) groups is 1. The van der Waals surface area contributed by atoms with Gasteiger partial charge in [0.2, 0.25) is 5.88 Å². The molecular formula is C26H25FN4O2. The molecule has 5 rings (SSSR count). The van der Waals surface area contributed by atoms with Crippen molar-refractivity contribution in [3.8, 4) is 17.0 Å². The van der Waals surface area contributed by atoms with Crippen LogP contribution in [0.2, 0.25) is 0 Å². The van der Waals surface area contributed by atoms with Crippen LogP contribution in [0.15, 0.2) is 77.0 Å². The molecule has 1 amide bonds. The lowest BCUT2D eigenvalue weighted by atomic mass is 9.95. The third-order valence-electron chi connectivity index (χ3n) is 6.18. The highest BCUT2D eigenvalue weighted by atomic mass is 19.1. The lowest BCUT2D eigenvalue weighted by molar-refractivity contribution is 0.0745. The molecule has 0 radical (unpaired) electrons. The van der Waals surface area contributed by atoms with Gasteiger partial charge >= 0.3 is 0 Å². The fourth-order valence-corrected chi connectivity index (χ4v) is 4.23. The number of aliphatic imine (C=N–C) groups is 1. The van der Waals surface area contributed by atoms with Crippen LogP contribution in [0.4, 0.5) is 4.39 Å². The molecule has 33 heavy (non-hydrogen) atoms. The number of rotatable bonds is 8. The lowest BCUT2D eigenvalue weighted by Crippen LogP contribution is -2.35. The summed E-state index contributed by atoms with van der Waals surface area (Å²) in [5, 5.41) is 0. The monoisotopic (exact) mass is 444 g/mol. The zero-order valence-corrected chi connectivity index (χ0v) is 18.5. The summed E-state index contributed by atoms with van der Waals surface area (Å²) in [6.07, 6.45) is 11.8. The van der Waals surface area contributed by atoms with E-state index in [1.54, 1.807) is 37.8 Å². The first-order valence-corrected chi connectivity index (χ1v) is 11.2. The SMILES string of the molecule is COc1ccc(-c2cccnc2C(=O)N(CCC2=CN=C3CC=CC(F)=C23)CC2CC2)cn1. The van der Waals surface area contributed by atoms with Gasteiger partial charge in [0.05, 0.1) is 12.8 Å². The first kappa shape index (κ1) is 21.2. The Morgan fingerprint density at radius 3 is 2.88 bits per heavy atom. The maximum Gasteiger partial charge on any atom is 0.273 e. The Kier molecular flexibility index (Phi) is 5.86. The lowest BCUT2D eigenvalue weighted by Gasteiger charge is -2.24. The number of fused-ring (bicyclic) bond motifs is 1. The Labute approximate surface area is 192 Å². The molecule has 0 bridgehead atoms. The molecule has 2 aromatic heterocycles. The molecule has 1 saturated carbocycles. The molecular weight excluding hydrogens is 419 g/mol. The van der Waals surface area contributed by atoms with Crippen LogP contribution in [0.1, 0.15) is 36.2 Å². The van der Waals surface area contributed by atoms with E-state index in [1.165, 1.54) is 6.08 Å². The quantitative estimate of drug-likeness (QED) is 0.580. The highest BCUT2D eigenvalue weighted by Crippen LogP contribution is 2.34. The predicted octanol–water partition coefficient (Wildman–Crippen LogP) is 4.92. The van der Waals surface area contributed by atoms with Crippen LogP contribution in [0, 0.1) is 5.92 Å². The van der Waals surface area contributed by atoms with Crippen LogP contribution in [-0.4, -0.2) is 46.7 Å². The van der Waals surface area contributed by atoms with Crippen molar-refractivity contribution in [1.82, 2.24) is 14.9 Å². The Morgan fingerprint density at radius 1 is 1.24 bits per heavy atom. The number of methoxy groups -OCH3 is 1. The standard InChI is InChI=1S/C26H25FN4O2/c1-33-23-10-9-18(14-30-23)20-4-3-12-28-25(20)26(32)31(16-17-7-8-17)13-11-19-15-29-22-6-2-5-21(27)24(19)22/h2-5,9-10,12,14-15,17H,6-8,11,13,16H2,1H3. The van der Waals surface area contributed by atoms with Gasteiger partial charge in [-0.05, 0) is 49.0 Å². The molecule has 0 aromatic carbocycles. The van der Waals surface area contributed by atoms with Gasteiger partial charge in [0.15, 0.2) is 0 Å². The van der Waals surface area contributed by atoms with E-state index >= 15 is 0 Å². The summed E-state index contributed by atoms with van der Waals surface area (Å²) in [7, 11) is 1.57. The number of pyridine rings is 2. The van der Waals surface area contributed by atoms with E-state index in [4.69, 9.17) is 4.74 Å². The summed E-state index contributed by atoms with van der Waals surface area (Å²) in [5.41, 5.74) is 4.14. The van der Waals surface area contributed by atoms with Crippen molar-refractivity contribution >= 4 is 11.6 Å². The van der Waals surface area contributed by atoms with Gasteiger partial charge in [-0.1, -0.05) is 12.1 Å². The summed E-state index contributed by atoms with van der Waals surface area (Å²) in [4.78, 5) is 28.6. The molecule has 0 saturated heterocycles. The minimum Gasteiger partial charge on any atom is -0.481 e. The van der Waals surface area contributed by atoms with Gasteiger partial charge in [-0.3, -0.25) is 14.8 Å². The Morgan fingerprint density at radius 2 is 2.12 bits per heavy atom. The molecule has 1 fully saturated rings. The van der Waals surface area contributed by atoms with E-state index in [1.807, 2.05) is 23.1 Å². The second-order valence-corrected chi connectivity index (χ2v) is 8.49. The van der Waals surface area contributed by atoms with E-state index in [9.17, 15) is 9.18 Å². The van der Waals surface area contributed by atoms with Gasteiger partial charge in [0.1, 0.15) is 11.5 Å². The summed E-state index contributed by atoms with van der Waals surface area (Å²) in [6.45, 7) is 1.17. The fourth-order valence-electron chi connectivity index (χ4n) is 4.23. The molecule has 3 heterocycles. The molecule has 2 aromatic rings. The van der Waals surface area contributed by atoms with Gasteiger partial charge in [0.25, 0.3) is 5.91 Å². The maximum absolute atomic E-state index is 14.4. The van der Waals surface area contributed by atoms with Crippen molar-refractivity contribution in [2.24, 2.45) is 10.9 Å². The van der Waals surface area contributed by atoms with Crippen LogP contribution in [0.25, 0.3) is 11.1 Å². The van der Waals surface area contributed by atoms with E-state index in [-0.39, 0.29) is 11.7 Å². The van der Waals surface area contributed by atoms with Crippen molar-refractivity contribution in [2.45, 2.75) is 25.7 Å². The Bertz CT molecular complexity index is 1190. The number of ether oxygens (including phenoxy) is 1. The highest BCUT2D eigenvalue weighted by molar-refractivity contribution is 6.08. The Balaban J connectivity index is 1.38. The molecule has 0 atom stereocenters. The third-order valence-corrected chi connectivity index (χ3v) is 6.18. The van der Waals surface area contributed by atoms with Crippen LogP contribution in [-0.2, 0) is 0 Å². The smallest absolute Gasteiger partial charge is 0.273 e. The predicted molar refractivity (Wildman–Crippen MR) is 125 cm³/mol. The molecule has 2 aliphatic carbocycles. The molecule has 7 heteroatoms. The average molecular weight is 445 g/mol. The molecule has 0 spiro atoms. The van der Waals surface area contributed by atoms with E-state index < -0.39 is 0 Å². The van der Waals surface area contributed by atoms with Crippen molar-refractivity contribution < 1.29 is 13.9 Å². The average Bonchev–Trinajstić information content (AvgIpc) is 3.58. The number of halogens is 1. The van der Waals surface area contributed by atoms with E-state index in [0.29, 0.717) is 49.0 Å². The topological polar surface area (TPSA) is 67.7 Å². The molecule has 3 aliphatic rings. The number of hydrogen-bond acceptors (Lipinski definition) is 5. The highest BCUT2D eigenvalue weighted by Gasteiger charge is 2.30. The summed E-state index contributed by atoms with van der Waals surface area (Å²) < 4.78 is 19.6. The van der Waals surface area contributed by atoms with Crippen LogP contribution >= 0.6 is 0 Å². The fraction of sp³-hybridized carbons (Fsp3) is 0.308. The van der Waals surface area contributed by atoms with Gasteiger partial charge in [-0.15, -0.1) is 0 Å². The number of hydrogen-bond donors (Lipinski definition) is 0. The van der Waals surface area contributed by atoms with Crippen LogP contribution in [0.5, 0.6) is 5.88 Å². The Hall–Kier alpha value is -3.61. The van der Waals surface area contributed by atoms with E-state index in [2.05, 4.69) is 15.0 Å². The molecule has 168 valence electrons. The minimum atomic E-state index is -0.247. The van der Waals surface area contributed by atoms with Gasteiger partial charge in [-0.2, -0.15) is 0 Å². The number of allylic oxidation sites excluding steroid dienone is 4. The zero-order valence-electron chi connectivity index (χ0n) is 18.5. The molecule has 6 nitrogen and oxygen atoms in total. The summed E-state index contributed by atoms with van der Waals surface area (Å²) in [5.74, 6) is 0.659. The first-order valence-electron chi connectivity index (χ1n) is 11.2. The van der Waals surface area contributed by atoms with E-state index in [0.717, 1.165) is 35.3 Å². The van der Waals surface area contributed by atoms with Crippen molar-refractivity contribution in [2.75, 3.05) is 20.2 Å².